The summed E-state index contributed by atoms with van der Waals surface area (Å²) in [5.41, 5.74) is 1.72. The molecule has 7 nitrogen and oxygen atoms in total. The second-order valence-electron chi connectivity index (χ2n) is 5.75. The Kier molecular flexibility index (Phi) is 5.10. The van der Waals surface area contributed by atoms with Gasteiger partial charge in [0, 0.05) is 24.3 Å². The molecule has 2 aromatic heterocycles. The van der Waals surface area contributed by atoms with Crippen LogP contribution in [0.2, 0.25) is 0 Å². The molecule has 0 saturated carbocycles. The van der Waals surface area contributed by atoms with E-state index in [1.165, 1.54) is 6.26 Å². The van der Waals surface area contributed by atoms with E-state index in [9.17, 15) is 9.90 Å². The molecule has 2 rings (SSSR count). The van der Waals surface area contributed by atoms with Crippen molar-refractivity contribution in [1.29, 1.82) is 0 Å². The maximum absolute atomic E-state index is 11.9. The zero-order valence-electron chi connectivity index (χ0n) is 14.0. The Morgan fingerprint density at radius 2 is 2.17 bits per heavy atom. The van der Waals surface area contributed by atoms with Crippen LogP contribution in [0.5, 0.6) is 0 Å². The zero-order valence-corrected chi connectivity index (χ0v) is 14.0. The van der Waals surface area contributed by atoms with Gasteiger partial charge < -0.3 is 20.2 Å². The van der Waals surface area contributed by atoms with Gasteiger partial charge in [0.25, 0.3) is 0 Å². The van der Waals surface area contributed by atoms with Gasteiger partial charge in [0.1, 0.15) is 11.4 Å². The van der Waals surface area contributed by atoms with Crippen molar-refractivity contribution in [3.05, 3.63) is 41.1 Å². The largest absolute Gasteiger partial charge is 0.466 e. The van der Waals surface area contributed by atoms with E-state index in [-0.39, 0.29) is 12.6 Å². The third-order valence-electron chi connectivity index (χ3n) is 3.90. The Balaban J connectivity index is 1.87. The molecular formula is C16H24N4O3. The maximum atomic E-state index is 11.9. The average Bonchev–Trinajstić information content (AvgIpc) is 3.13. The summed E-state index contributed by atoms with van der Waals surface area (Å²) < 4.78 is 7.08. The normalized spacial score (nSPS) is 13.6. The topological polar surface area (TPSA) is 92.3 Å². The van der Waals surface area contributed by atoms with Gasteiger partial charge >= 0.3 is 6.03 Å². The fraction of sp³-hybridized carbons (Fsp3) is 0.500. The molecule has 3 N–H and O–H groups in total. The van der Waals surface area contributed by atoms with Gasteiger partial charge in [-0.15, -0.1) is 0 Å². The molecule has 0 unspecified atom stereocenters. The fourth-order valence-electron chi connectivity index (χ4n) is 2.45. The van der Waals surface area contributed by atoms with Crippen molar-refractivity contribution in [3.63, 3.8) is 0 Å². The van der Waals surface area contributed by atoms with E-state index in [0.29, 0.717) is 12.3 Å². The van der Waals surface area contributed by atoms with E-state index >= 15 is 0 Å². The number of aromatic nitrogens is 2. The minimum absolute atomic E-state index is 0.0541. The Labute approximate surface area is 135 Å². The van der Waals surface area contributed by atoms with Gasteiger partial charge in [-0.3, -0.25) is 4.68 Å². The molecule has 0 aromatic carbocycles. The molecule has 0 saturated heterocycles. The molecule has 0 bridgehead atoms. The van der Waals surface area contributed by atoms with Gasteiger partial charge in [0.2, 0.25) is 0 Å². The van der Waals surface area contributed by atoms with Gasteiger partial charge in [-0.25, -0.2) is 4.79 Å². The standard InChI is InChI=1S/C16H24N4O3/c1-5-20-12(3)13(11(2)19-20)9-17-15(21)18-10-16(4,22)14-7-6-8-23-14/h6-8,22H,5,9-10H2,1-4H3,(H2,17,18,21)/t16-/m0/s1. The van der Waals surface area contributed by atoms with Crippen LogP contribution >= 0.6 is 0 Å². The van der Waals surface area contributed by atoms with Crippen LogP contribution in [0.25, 0.3) is 0 Å². The second-order valence-corrected chi connectivity index (χ2v) is 5.75. The SMILES string of the molecule is CCn1nc(C)c(CNC(=O)NC[C@](C)(O)c2ccco2)c1C. The van der Waals surface area contributed by atoms with Gasteiger partial charge in [-0.1, -0.05) is 0 Å². The van der Waals surface area contributed by atoms with Gasteiger partial charge in [-0.2, -0.15) is 5.10 Å². The molecule has 23 heavy (non-hydrogen) atoms. The molecule has 0 aliphatic carbocycles. The van der Waals surface area contributed by atoms with Gasteiger partial charge in [0.05, 0.1) is 18.5 Å². The first-order chi connectivity index (χ1) is 10.8. The Hall–Kier alpha value is -2.28. The van der Waals surface area contributed by atoms with Crippen LogP contribution in [0.1, 0.15) is 36.6 Å². The lowest BCUT2D eigenvalue weighted by molar-refractivity contribution is 0.0367. The highest BCUT2D eigenvalue weighted by atomic mass is 16.4. The van der Waals surface area contributed by atoms with Crippen molar-refractivity contribution in [1.82, 2.24) is 20.4 Å². The van der Waals surface area contributed by atoms with Crippen LogP contribution in [-0.4, -0.2) is 27.5 Å². The predicted molar refractivity (Wildman–Crippen MR) is 85.9 cm³/mol. The Bertz CT molecular complexity index is 659. The van der Waals surface area contributed by atoms with E-state index in [2.05, 4.69) is 15.7 Å². The number of nitrogens with one attached hydrogen (secondary N) is 2. The first-order valence-corrected chi connectivity index (χ1v) is 7.66. The zero-order chi connectivity index (χ0) is 17.0. The molecule has 2 aromatic rings. The summed E-state index contributed by atoms with van der Waals surface area (Å²) >= 11 is 0. The van der Waals surface area contributed by atoms with Gasteiger partial charge in [0.15, 0.2) is 0 Å². The van der Waals surface area contributed by atoms with Crippen molar-refractivity contribution in [2.45, 2.75) is 46.4 Å². The summed E-state index contributed by atoms with van der Waals surface area (Å²) in [5, 5.41) is 20.1. The summed E-state index contributed by atoms with van der Waals surface area (Å²) in [6, 6.07) is 3.02. The minimum atomic E-state index is -1.25. The molecule has 2 amide bonds. The van der Waals surface area contributed by atoms with Crippen molar-refractivity contribution in [2.24, 2.45) is 0 Å². The maximum Gasteiger partial charge on any atom is 0.315 e. The lowest BCUT2D eigenvalue weighted by atomic mass is 10.0. The van der Waals surface area contributed by atoms with Crippen molar-refractivity contribution in [2.75, 3.05) is 6.54 Å². The summed E-state index contributed by atoms with van der Waals surface area (Å²) in [4.78, 5) is 11.9. The highest BCUT2D eigenvalue weighted by molar-refractivity contribution is 5.74. The Morgan fingerprint density at radius 3 is 2.74 bits per heavy atom. The van der Waals surface area contributed by atoms with Crippen LogP contribution in [-0.2, 0) is 18.7 Å². The predicted octanol–water partition coefficient (Wildman–Crippen LogP) is 1.82. The molecule has 0 spiro atoms. The summed E-state index contributed by atoms with van der Waals surface area (Å²) in [6.45, 7) is 8.78. The number of aryl methyl sites for hydroxylation is 2. The number of hydrogen-bond donors (Lipinski definition) is 3. The van der Waals surface area contributed by atoms with E-state index < -0.39 is 5.60 Å². The number of amides is 2. The van der Waals surface area contributed by atoms with Crippen LogP contribution in [0, 0.1) is 13.8 Å². The van der Waals surface area contributed by atoms with Crippen LogP contribution in [0.15, 0.2) is 22.8 Å². The highest BCUT2D eigenvalue weighted by Crippen LogP contribution is 2.19. The van der Waals surface area contributed by atoms with Crippen molar-refractivity contribution < 1.29 is 14.3 Å². The molecule has 1 atom stereocenters. The molecule has 0 radical (unpaired) electrons. The van der Waals surface area contributed by atoms with Crippen LogP contribution in [0.4, 0.5) is 4.79 Å². The second kappa shape index (κ2) is 6.87. The van der Waals surface area contributed by atoms with E-state index in [0.717, 1.165) is 23.5 Å². The van der Waals surface area contributed by atoms with Gasteiger partial charge in [-0.05, 0) is 39.8 Å². The summed E-state index contributed by atoms with van der Waals surface area (Å²) in [5.74, 6) is 0.411. The van der Waals surface area contributed by atoms with E-state index in [1.807, 2.05) is 25.5 Å². The quantitative estimate of drug-likeness (QED) is 0.757. The highest BCUT2D eigenvalue weighted by Gasteiger charge is 2.26. The number of carbonyl (C=O) groups is 1. The number of aliphatic hydroxyl groups is 1. The smallest absolute Gasteiger partial charge is 0.315 e. The molecule has 2 heterocycles. The monoisotopic (exact) mass is 320 g/mol. The molecule has 0 aliphatic rings. The third kappa shape index (κ3) is 3.92. The number of furan rings is 1. The third-order valence-corrected chi connectivity index (χ3v) is 3.90. The molecule has 0 fully saturated rings. The number of nitrogens with zero attached hydrogens (tertiary/aromatic N) is 2. The van der Waals surface area contributed by atoms with Crippen molar-refractivity contribution in [3.8, 4) is 0 Å². The summed E-state index contributed by atoms with van der Waals surface area (Å²) in [7, 11) is 0. The summed E-state index contributed by atoms with van der Waals surface area (Å²) in [6.07, 6.45) is 1.49. The average molecular weight is 320 g/mol. The molecule has 7 heteroatoms. The number of rotatable bonds is 6. The molecule has 126 valence electrons. The van der Waals surface area contributed by atoms with E-state index in [4.69, 9.17) is 4.42 Å². The van der Waals surface area contributed by atoms with Crippen LogP contribution in [0.3, 0.4) is 0 Å². The first kappa shape index (κ1) is 17.1. The number of hydrogen-bond acceptors (Lipinski definition) is 4. The lowest BCUT2D eigenvalue weighted by Crippen LogP contribution is -2.43. The number of carbonyl (C=O) groups excluding carboxylic acids is 1. The van der Waals surface area contributed by atoms with Crippen molar-refractivity contribution >= 4 is 6.03 Å². The first-order valence-electron chi connectivity index (χ1n) is 7.66. The lowest BCUT2D eigenvalue weighted by Gasteiger charge is -2.21. The Morgan fingerprint density at radius 1 is 1.43 bits per heavy atom. The minimum Gasteiger partial charge on any atom is -0.466 e. The molecule has 0 aliphatic heterocycles. The fourth-order valence-corrected chi connectivity index (χ4v) is 2.45. The van der Waals surface area contributed by atoms with E-state index in [1.54, 1.807) is 19.1 Å². The van der Waals surface area contributed by atoms with Crippen LogP contribution < -0.4 is 10.6 Å². The molecular weight excluding hydrogens is 296 g/mol. The number of urea groups is 1.